The van der Waals surface area contributed by atoms with E-state index in [9.17, 15) is 0 Å². The normalized spacial score (nSPS) is 13.6. The Morgan fingerprint density at radius 3 is 1.06 bits per heavy atom. The van der Waals surface area contributed by atoms with Gasteiger partial charge in [-0.1, -0.05) is 182 Å². The second kappa shape index (κ2) is 17.4. The molecule has 5 nitrogen and oxygen atoms in total. The minimum atomic E-state index is -0.394. The van der Waals surface area contributed by atoms with Gasteiger partial charge in [-0.15, -0.1) is 11.3 Å². The molecule has 3 aliphatic heterocycles. The molecule has 0 amide bonds. The third kappa shape index (κ3) is 7.75. The summed E-state index contributed by atoms with van der Waals surface area (Å²) in [6.45, 7) is 0.898. The number of hydrogen-bond acceptors (Lipinski definition) is 5. The van der Waals surface area contributed by atoms with Crippen molar-refractivity contribution in [1.82, 2.24) is 15.0 Å². The summed E-state index contributed by atoms with van der Waals surface area (Å²) < 4.78 is 16.8. The van der Waals surface area contributed by atoms with Crippen molar-refractivity contribution in [3.05, 3.63) is 228 Å². The number of nitrogens with one attached hydrogen (secondary N) is 1. The molecule has 0 fully saturated rings. The first-order valence-electron chi connectivity index (χ1n) is 22.9. The number of ether oxygens (including phenoxy) is 2. The molecule has 6 heteroatoms. The average Bonchev–Trinajstić information content (AvgIpc) is 4.21. The number of nitrogens with zero attached hydrogens (tertiary/aromatic N) is 2. The maximum Gasteiger partial charge on any atom is 0.180 e. The number of rotatable bonds is 8. The Bertz CT molecular complexity index is 3260. The predicted octanol–water partition coefficient (Wildman–Crippen LogP) is 15.3. The van der Waals surface area contributed by atoms with Crippen molar-refractivity contribution >= 4 is 56.1 Å². The number of hydrogen-bond donors (Lipinski definition) is 1. The molecule has 0 aliphatic carbocycles. The molecule has 0 spiro atoms. The van der Waals surface area contributed by atoms with E-state index >= 15 is 0 Å². The highest BCUT2D eigenvalue weighted by Gasteiger charge is 2.38. The highest BCUT2D eigenvalue weighted by molar-refractivity contribution is 7.25. The fourth-order valence-electron chi connectivity index (χ4n) is 9.87. The third-order valence-electron chi connectivity index (χ3n) is 12.9. The van der Waals surface area contributed by atoms with Gasteiger partial charge in [-0.2, -0.15) is 0 Å². The van der Waals surface area contributed by atoms with Gasteiger partial charge in [0.05, 0.1) is 45.4 Å². The molecule has 0 saturated heterocycles. The topological polar surface area (TPSA) is 60.0 Å². The third-order valence-corrected chi connectivity index (χ3v) is 14.1. The van der Waals surface area contributed by atoms with Crippen LogP contribution in [0.25, 0.3) is 89.2 Å². The van der Waals surface area contributed by atoms with E-state index in [0.717, 1.165) is 112 Å². The van der Waals surface area contributed by atoms with Crippen LogP contribution in [0.2, 0.25) is 0 Å². The summed E-state index contributed by atoms with van der Waals surface area (Å²) in [5, 5.41) is 0. The van der Waals surface area contributed by atoms with E-state index in [-0.39, 0.29) is 0 Å². The highest BCUT2D eigenvalue weighted by Crippen LogP contribution is 2.54. The largest absolute Gasteiger partial charge is 0.487 e. The van der Waals surface area contributed by atoms with Gasteiger partial charge in [-0.25, -0.2) is 9.97 Å². The summed E-state index contributed by atoms with van der Waals surface area (Å²) in [5.41, 5.74) is 15.7. The molecule has 8 bridgehead atoms. The van der Waals surface area contributed by atoms with Gasteiger partial charge in [-0.05, 0) is 82.7 Å². The first kappa shape index (κ1) is 40.4. The lowest BCUT2D eigenvalue weighted by molar-refractivity contribution is 0.103. The smallest absolute Gasteiger partial charge is 0.180 e. The van der Waals surface area contributed by atoms with Gasteiger partial charge in [-0.3, -0.25) is 0 Å². The molecule has 6 aromatic carbocycles. The molecule has 0 saturated carbocycles. The molecule has 3 aliphatic rings. The molecule has 9 aromatic rings. The van der Waals surface area contributed by atoms with Crippen molar-refractivity contribution in [2.75, 3.05) is 13.2 Å². The standard InChI is InChI=1S/C61H45N3O2S/c1-7-19-41(20-8-1)37-61(38-42-21-9-2-10-22-42)39-65-57-58(66-40-61)60-56(46-29-17-6-18-30-46)52-36-34-50(64-52)54(44-25-13-4-14-26-44)48-32-31-47(62-48)53(43-23-11-3-12-24-43)49-33-35-51(63-49)55(59(57)67-60)45-27-15-5-16-28-45/h1-36,62H,37-40H2. The Balaban J connectivity index is 1.22. The summed E-state index contributed by atoms with van der Waals surface area (Å²) >= 11 is 1.70. The first-order chi connectivity index (χ1) is 33.2. The molecule has 6 heterocycles. The fourth-order valence-corrected chi connectivity index (χ4v) is 11.2. The molecule has 1 N–H and O–H groups in total. The van der Waals surface area contributed by atoms with Crippen LogP contribution in [0.1, 0.15) is 33.9 Å². The van der Waals surface area contributed by atoms with E-state index in [1.165, 1.54) is 11.1 Å². The summed E-state index contributed by atoms with van der Waals surface area (Å²) in [6, 6.07) is 68.2. The SMILES string of the molecule is C1=Cc2nc1c(-c1ccccc1)c1ccc([nH]1)c(-c1ccccc1)c1nc(c(-c3ccccc3)c3sc(c4c3OCC(Cc3ccccc3)(Cc3ccccc3)CO4)c2-c2ccccc2)C=C1. The van der Waals surface area contributed by atoms with E-state index in [1.807, 2.05) is 0 Å². The van der Waals surface area contributed by atoms with Gasteiger partial charge in [0.1, 0.15) is 0 Å². The second-order valence-corrected chi connectivity index (χ2v) is 18.5. The zero-order valence-corrected chi connectivity index (χ0v) is 37.5. The summed E-state index contributed by atoms with van der Waals surface area (Å²) in [4.78, 5) is 15.0. The van der Waals surface area contributed by atoms with Crippen molar-refractivity contribution < 1.29 is 9.47 Å². The molecule has 0 radical (unpaired) electrons. The Morgan fingerprint density at radius 2 is 0.701 bits per heavy atom. The Morgan fingerprint density at radius 1 is 0.388 bits per heavy atom. The molecule has 67 heavy (non-hydrogen) atoms. The number of aromatic amines is 1. The number of thiophene rings is 1. The Labute approximate surface area is 394 Å². The zero-order valence-electron chi connectivity index (χ0n) is 36.7. The van der Waals surface area contributed by atoms with Crippen LogP contribution in [0.15, 0.2) is 194 Å². The lowest BCUT2D eigenvalue weighted by Gasteiger charge is -2.31. The van der Waals surface area contributed by atoms with Crippen molar-refractivity contribution in [2.24, 2.45) is 5.41 Å². The summed E-state index contributed by atoms with van der Waals surface area (Å²) in [7, 11) is 0. The summed E-state index contributed by atoms with van der Waals surface area (Å²) in [6.07, 6.45) is 10.2. The fraction of sp³-hybridized carbons (Fsp3) is 0.0820. The molecular weight excluding hydrogens is 839 g/mol. The van der Waals surface area contributed by atoms with Crippen molar-refractivity contribution in [2.45, 2.75) is 12.8 Å². The van der Waals surface area contributed by atoms with E-state index in [2.05, 4.69) is 223 Å². The quantitative estimate of drug-likeness (QED) is 0.165. The Kier molecular flexibility index (Phi) is 10.5. The molecule has 322 valence electrons. The van der Waals surface area contributed by atoms with Gasteiger partial charge in [0, 0.05) is 38.7 Å². The van der Waals surface area contributed by atoms with Crippen LogP contribution in [0.4, 0.5) is 0 Å². The van der Waals surface area contributed by atoms with E-state index < -0.39 is 5.41 Å². The van der Waals surface area contributed by atoms with Gasteiger partial charge in [0.25, 0.3) is 0 Å². The maximum absolute atomic E-state index is 7.43. The monoisotopic (exact) mass is 883 g/mol. The van der Waals surface area contributed by atoms with Crippen molar-refractivity contribution in [3.8, 4) is 56.0 Å². The molecule has 3 aromatic heterocycles. The van der Waals surface area contributed by atoms with E-state index in [0.29, 0.717) is 13.2 Å². The minimum Gasteiger partial charge on any atom is -0.487 e. The number of fused-ring (bicyclic) bond motifs is 11. The number of benzene rings is 6. The highest BCUT2D eigenvalue weighted by atomic mass is 32.1. The molecule has 12 rings (SSSR count). The van der Waals surface area contributed by atoms with Gasteiger partial charge < -0.3 is 14.5 Å². The minimum absolute atomic E-state index is 0.394. The lowest BCUT2D eigenvalue weighted by Crippen LogP contribution is -2.38. The first-order valence-corrected chi connectivity index (χ1v) is 23.7. The number of H-pyrrole nitrogens is 1. The second-order valence-electron chi connectivity index (χ2n) is 17.5. The lowest BCUT2D eigenvalue weighted by atomic mass is 9.77. The van der Waals surface area contributed by atoms with Crippen LogP contribution in [0, 0.1) is 5.41 Å². The van der Waals surface area contributed by atoms with Crippen LogP contribution in [-0.2, 0) is 12.8 Å². The van der Waals surface area contributed by atoms with Gasteiger partial charge >= 0.3 is 0 Å². The van der Waals surface area contributed by atoms with Crippen LogP contribution >= 0.6 is 11.3 Å². The van der Waals surface area contributed by atoms with Crippen LogP contribution < -0.4 is 9.47 Å². The Hall–Kier alpha value is -8.06. The maximum atomic E-state index is 7.43. The van der Waals surface area contributed by atoms with E-state index in [1.54, 1.807) is 11.3 Å². The molecular formula is C61H45N3O2S. The van der Waals surface area contributed by atoms with Crippen LogP contribution in [0.5, 0.6) is 11.5 Å². The van der Waals surface area contributed by atoms with Gasteiger partial charge in [0.2, 0.25) is 0 Å². The number of aromatic nitrogens is 3. The van der Waals surface area contributed by atoms with Gasteiger partial charge in [0.15, 0.2) is 11.5 Å². The predicted molar refractivity (Wildman–Crippen MR) is 278 cm³/mol. The van der Waals surface area contributed by atoms with Crippen molar-refractivity contribution in [1.29, 1.82) is 0 Å². The van der Waals surface area contributed by atoms with Crippen LogP contribution in [0.3, 0.4) is 0 Å². The average molecular weight is 884 g/mol. The van der Waals surface area contributed by atoms with Crippen molar-refractivity contribution in [3.63, 3.8) is 0 Å². The molecule has 0 unspecified atom stereocenters. The molecule has 0 atom stereocenters. The zero-order chi connectivity index (χ0) is 44.6. The van der Waals surface area contributed by atoms with Crippen LogP contribution in [-0.4, -0.2) is 28.2 Å². The van der Waals surface area contributed by atoms with E-state index in [4.69, 9.17) is 19.4 Å². The summed E-state index contributed by atoms with van der Waals surface area (Å²) in [5.74, 6) is 1.46.